The van der Waals surface area contributed by atoms with Crippen LogP contribution in [0.25, 0.3) is 0 Å². The Morgan fingerprint density at radius 1 is 1.24 bits per heavy atom. The maximum Gasteiger partial charge on any atom is 0.274 e. The van der Waals surface area contributed by atoms with Crippen molar-refractivity contribution in [1.82, 2.24) is 20.0 Å². The zero-order chi connectivity index (χ0) is 17.4. The molecule has 0 radical (unpaired) electrons. The number of carbonyl (C=O) groups is 1. The lowest BCUT2D eigenvalue weighted by Crippen LogP contribution is -2.49. The van der Waals surface area contributed by atoms with E-state index in [1.165, 1.54) is 12.8 Å². The molecule has 0 bridgehead atoms. The highest BCUT2D eigenvalue weighted by Gasteiger charge is 2.30. The number of piperazine rings is 1. The van der Waals surface area contributed by atoms with Crippen molar-refractivity contribution in [3.05, 3.63) is 52.3 Å². The lowest BCUT2D eigenvalue weighted by Gasteiger charge is -2.38. The molecule has 2 aliphatic rings. The molecular weight excluding hydrogens is 336 g/mol. The van der Waals surface area contributed by atoms with Gasteiger partial charge in [-0.15, -0.1) is 0 Å². The molecule has 1 saturated carbocycles. The molecule has 5 nitrogen and oxygen atoms in total. The first-order valence-electron chi connectivity index (χ1n) is 8.96. The van der Waals surface area contributed by atoms with E-state index in [0.29, 0.717) is 11.6 Å². The second kappa shape index (κ2) is 6.81. The van der Waals surface area contributed by atoms with Crippen molar-refractivity contribution in [2.45, 2.75) is 31.7 Å². The maximum absolute atomic E-state index is 12.7. The average molecular weight is 359 g/mol. The molecule has 1 aromatic heterocycles. The molecular formula is C19H23ClN4O. The van der Waals surface area contributed by atoms with Crippen LogP contribution in [-0.4, -0.2) is 52.1 Å². The summed E-state index contributed by atoms with van der Waals surface area (Å²) in [5.74, 6) is 0.621. The lowest BCUT2D eigenvalue weighted by atomic mass is 10.1. The Morgan fingerprint density at radius 2 is 1.96 bits per heavy atom. The van der Waals surface area contributed by atoms with Gasteiger partial charge in [0.2, 0.25) is 0 Å². The summed E-state index contributed by atoms with van der Waals surface area (Å²) in [6, 6.07) is 10.2. The lowest BCUT2D eigenvalue weighted by molar-refractivity contribution is 0.0576. The molecule has 1 aromatic carbocycles. The Balaban J connectivity index is 1.37. The van der Waals surface area contributed by atoms with Crippen LogP contribution >= 0.6 is 11.6 Å². The standard InChI is InChI=1S/C19H23ClN4O/c1-13(15-4-2-3-5-16(15)20)23-8-10-24(11-9-23)19(25)18-12-17(21-22-18)14-6-7-14/h2-5,12-14H,6-11H2,1H3,(H,21,22). The van der Waals surface area contributed by atoms with Crippen molar-refractivity contribution in [3.63, 3.8) is 0 Å². The van der Waals surface area contributed by atoms with Gasteiger partial charge in [0.15, 0.2) is 0 Å². The van der Waals surface area contributed by atoms with Crippen molar-refractivity contribution in [2.24, 2.45) is 0 Å². The summed E-state index contributed by atoms with van der Waals surface area (Å²) in [5, 5.41) is 8.04. The van der Waals surface area contributed by atoms with Crippen molar-refractivity contribution in [2.75, 3.05) is 26.2 Å². The van der Waals surface area contributed by atoms with E-state index in [2.05, 4.69) is 28.1 Å². The van der Waals surface area contributed by atoms with Gasteiger partial charge >= 0.3 is 0 Å². The Bertz CT molecular complexity index is 762. The maximum atomic E-state index is 12.7. The minimum Gasteiger partial charge on any atom is -0.335 e. The van der Waals surface area contributed by atoms with Gasteiger partial charge in [-0.3, -0.25) is 14.8 Å². The number of aromatic amines is 1. The SMILES string of the molecule is CC(c1ccccc1Cl)N1CCN(C(=O)c2cc(C3CC3)[nH]n2)CC1. The molecule has 2 fully saturated rings. The van der Waals surface area contributed by atoms with Gasteiger partial charge in [0, 0.05) is 48.9 Å². The van der Waals surface area contributed by atoms with E-state index in [1.807, 2.05) is 29.2 Å². The first kappa shape index (κ1) is 16.6. The van der Waals surface area contributed by atoms with Gasteiger partial charge in [-0.05, 0) is 37.5 Å². The fourth-order valence-electron chi connectivity index (χ4n) is 3.53. The Labute approximate surface area is 153 Å². The minimum atomic E-state index is 0.0354. The van der Waals surface area contributed by atoms with Crippen LogP contribution in [0.3, 0.4) is 0 Å². The van der Waals surface area contributed by atoms with Crippen LogP contribution in [0.15, 0.2) is 30.3 Å². The molecule has 2 heterocycles. The normalized spacial score (nSPS) is 19.8. The molecule has 1 N–H and O–H groups in total. The molecule has 1 unspecified atom stereocenters. The first-order chi connectivity index (χ1) is 12.1. The van der Waals surface area contributed by atoms with Crippen molar-refractivity contribution in [3.8, 4) is 0 Å². The van der Waals surface area contributed by atoms with Crippen molar-refractivity contribution < 1.29 is 4.79 Å². The van der Waals surface area contributed by atoms with E-state index in [1.54, 1.807) is 0 Å². The predicted octanol–water partition coefficient (Wildman–Crippen LogP) is 3.46. The number of H-pyrrole nitrogens is 1. The third-order valence-electron chi connectivity index (χ3n) is 5.34. The molecule has 0 spiro atoms. The quantitative estimate of drug-likeness (QED) is 0.910. The molecule has 4 rings (SSSR count). The van der Waals surface area contributed by atoms with Gasteiger partial charge in [0.25, 0.3) is 5.91 Å². The van der Waals surface area contributed by atoms with E-state index in [-0.39, 0.29) is 11.9 Å². The summed E-state index contributed by atoms with van der Waals surface area (Å²) in [6.45, 7) is 5.31. The summed E-state index contributed by atoms with van der Waals surface area (Å²) >= 11 is 6.33. The predicted molar refractivity (Wildman–Crippen MR) is 97.9 cm³/mol. The Kier molecular flexibility index (Phi) is 4.52. The van der Waals surface area contributed by atoms with Gasteiger partial charge in [0.1, 0.15) is 5.69 Å². The number of benzene rings is 1. The summed E-state index contributed by atoms with van der Waals surface area (Å²) < 4.78 is 0. The van der Waals surface area contributed by atoms with Gasteiger partial charge in [-0.2, -0.15) is 5.10 Å². The van der Waals surface area contributed by atoms with Gasteiger partial charge in [-0.25, -0.2) is 0 Å². The fraction of sp³-hybridized carbons (Fsp3) is 0.474. The Hall–Kier alpha value is -1.85. The fourth-order valence-corrected chi connectivity index (χ4v) is 3.83. The van der Waals surface area contributed by atoms with Crippen LogP contribution in [0.2, 0.25) is 5.02 Å². The van der Waals surface area contributed by atoms with E-state index < -0.39 is 0 Å². The van der Waals surface area contributed by atoms with Crippen LogP contribution in [0, 0.1) is 0 Å². The summed E-state index contributed by atoms with van der Waals surface area (Å²) in [6.07, 6.45) is 2.41. The molecule has 2 aromatic rings. The highest BCUT2D eigenvalue weighted by molar-refractivity contribution is 6.31. The zero-order valence-electron chi connectivity index (χ0n) is 14.4. The average Bonchev–Trinajstić information content (AvgIpc) is 3.38. The zero-order valence-corrected chi connectivity index (χ0v) is 15.2. The highest BCUT2D eigenvalue weighted by atomic mass is 35.5. The van der Waals surface area contributed by atoms with Gasteiger partial charge < -0.3 is 4.90 Å². The molecule has 1 aliphatic heterocycles. The third-order valence-corrected chi connectivity index (χ3v) is 5.68. The molecule has 1 atom stereocenters. The third kappa shape index (κ3) is 3.44. The van der Waals surface area contributed by atoms with Gasteiger partial charge in [0.05, 0.1) is 0 Å². The van der Waals surface area contributed by atoms with Gasteiger partial charge in [-0.1, -0.05) is 29.8 Å². The molecule has 1 aliphatic carbocycles. The number of carbonyl (C=O) groups excluding carboxylic acids is 1. The molecule has 6 heteroatoms. The molecule has 1 saturated heterocycles. The molecule has 25 heavy (non-hydrogen) atoms. The van der Waals surface area contributed by atoms with E-state index in [9.17, 15) is 4.79 Å². The number of halogens is 1. The summed E-state index contributed by atoms with van der Waals surface area (Å²) in [5.41, 5.74) is 2.80. The number of hydrogen-bond acceptors (Lipinski definition) is 3. The summed E-state index contributed by atoms with van der Waals surface area (Å²) in [7, 11) is 0. The number of aromatic nitrogens is 2. The monoisotopic (exact) mass is 358 g/mol. The number of hydrogen-bond donors (Lipinski definition) is 1. The van der Waals surface area contributed by atoms with Crippen LogP contribution < -0.4 is 0 Å². The second-order valence-corrected chi connectivity index (χ2v) is 7.42. The van der Waals surface area contributed by atoms with Crippen LogP contribution in [-0.2, 0) is 0 Å². The van der Waals surface area contributed by atoms with Crippen LogP contribution in [0.5, 0.6) is 0 Å². The second-order valence-electron chi connectivity index (χ2n) is 7.01. The summed E-state index contributed by atoms with van der Waals surface area (Å²) in [4.78, 5) is 16.9. The van der Waals surface area contributed by atoms with Crippen LogP contribution in [0.4, 0.5) is 0 Å². The number of nitrogens with one attached hydrogen (secondary N) is 1. The number of nitrogens with zero attached hydrogens (tertiary/aromatic N) is 3. The number of rotatable bonds is 4. The van der Waals surface area contributed by atoms with E-state index >= 15 is 0 Å². The largest absolute Gasteiger partial charge is 0.335 e. The minimum absolute atomic E-state index is 0.0354. The van der Waals surface area contributed by atoms with E-state index in [4.69, 9.17) is 11.6 Å². The highest BCUT2D eigenvalue weighted by Crippen LogP contribution is 2.39. The molecule has 132 valence electrons. The van der Waals surface area contributed by atoms with Crippen LogP contribution in [0.1, 0.15) is 53.5 Å². The topological polar surface area (TPSA) is 52.2 Å². The van der Waals surface area contributed by atoms with E-state index in [0.717, 1.165) is 42.5 Å². The molecule has 1 amide bonds. The smallest absolute Gasteiger partial charge is 0.274 e. The van der Waals surface area contributed by atoms with Crippen molar-refractivity contribution in [1.29, 1.82) is 0 Å². The Morgan fingerprint density at radius 3 is 2.64 bits per heavy atom. The first-order valence-corrected chi connectivity index (χ1v) is 9.34. The van der Waals surface area contributed by atoms with Crippen molar-refractivity contribution >= 4 is 17.5 Å². The number of amides is 1.